The summed E-state index contributed by atoms with van der Waals surface area (Å²) < 4.78 is 45.2. The van der Waals surface area contributed by atoms with Crippen molar-refractivity contribution >= 4 is 0 Å². The Morgan fingerprint density at radius 3 is 1.29 bits per heavy atom. The van der Waals surface area contributed by atoms with Crippen molar-refractivity contribution in [2.75, 3.05) is 39.6 Å². The lowest BCUT2D eigenvalue weighted by atomic mass is 9.95. The van der Waals surface area contributed by atoms with Gasteiger partial charge in [0, 0.05) is 6.61 Å². The van der Waals surface area contributed by atoms with E-state index in [-0.39, 0.29) is 6.61 Å². The van der Waals surface area contributed by atoms with Crippen molar-refractivity contribution in [3.63, 3.8) is 0 Å². The van der Waals surface area contributed by atoms with E-state index in [0.717, 1.165) is 6.42 Å². The zero-order chi connectivity index (χ0) is 37.6. The number of aliphatic hydroxyl groups excluding tert-OH is 13. The van der Waals surface area contributed by atoms with Gasteiger partial charge in [0.2, 0.25) is 0 Å². The Balaban J connectivity index is 1.60. The average Bonchev–Trinajstić information content (AvgIpc) is 3.12. The first-order valence-corrected chi connectivity index (χ1v) is 16.8. The van der Waals surface area contributed by atoms with E-state index in [0.29, 0.717) is 19.4 Å². The standard InChI is InChI=1S/C29H53NO21/c30-4-2-1-3-5-44-26-22(43)23(17(38)13(9-34)45-26)49-28-25(20(41)16(37)11(7-32)47-28)51-29-24(19(40)15(36)12(8-33)48-29)50-27-21(42)18(39)14(35)10(6-31)46-27/h10-29,31-43H,1-9,30H2/t10-,11-,12-,13-,14-,15-,16-,17-,18+,19+,20+,21+,22+,23+,24+,25+,26+,27-,28-,29-/m1/s1. The molecule has 0 spiro atoms. The number of ether oxygens (including phenoxy) is 8. The van der Waals surface area contributed by atoms with Gasteiger partial charge in [-0.25, -0.2) is 0 Å². The second-order valence-corrected chi connectivity index (χ2v) is 12.8. The summed E-state index contributed by atoms with van der Waals surface area (Å²) in [5.41, 5.74) is 5.50. The van der Waals surface area contributed by atoms with Gasteiger partial charge in [0.15, 0.2) is 25.2 Å². The van der Waals surface area contributed by atoms with Gasteiger partial charge in [-0.15, -0.1) is 0 Å². The summed E-state index contributed by atoms with van der Waals surface area (Å²) in [5.74, 6) is 0. The van der Waals surface area contributed by atoms with Crippen LogP contribution in [0.25, 0.3) is 0 Å². The molecule has 0 aromatic rings. The van der Waals surface area contributed by atoms with Crippen LogP contribution in [0.2, 0.25) is 0 Å². The molecule has 0 bridgehead atoms. The maximum absolute atomic E-state index is 11.2. The Morgan fingerprint density at radius 1 is 0.392 bits per heavy atom. The summed E-state index contributed by atoms with van der Waals surface area (Å²) in [6.07, 6.45) is -33.5. The maximum Gasteiger partial charge on any atom is 0.187 e. The lowest BCUT2D eigenvalue weighted by molar-refractivity contribution is -0.403. The van der Waals surface area contributed by atoms with Gasteiger partial charge in [-0.05, 0) is 25.8 Å². The Kier molecular flexibility index (Phi) is 16.5. The number of rotatable bonds is 16. The smallest absolute Gasteiger partial charge is 0.187 e. The minimum atomic E-state index is -2.01. The van der Waals surface area contributed by atoms with Crippen LogP contribution in [0.5, 0.6) is 0 Å². The third-order valence-electron chi connectivity index (χ3n) is 9.32. The molecular formula is C29H53NO21. The van der Waals surface area contributed by atoms with E-state index in [4.69, 9.17) is 43.6 Å². The quantitative estimate of drug-likeness (QED) is 0.0651. The van der Waals surface area contributed by atoms with E-state index in [2.05, 4.69) is 0 Å². The monoisotopic (exact) mass is 751 g/mol. The summed E-state index contributed by atoms with van der Waals surface area (Å²) in [7, 11) is 0. The van der Waals surface area contributed by atoms with Crippen LogP contribution in [-0.4, -0.2) is 229 Å². The molecule has 4 saturated heterocycles. The van der Waals surface area contributed by atoms with Crippen molar-refractivity contribution in [2.45, 2.75) is 142 Å². The largest absolute Gasteiger partial charge is 0.394 e. The Labute approximate surface area is 292 Å². The Hall–Kier alpha value is -0.880. The summed E-state index contributed by atoms with van der Waals surface area (Å²) in [6, 6.07) is 0. The predicted molar refractivity (Wildman–Crippen MR) is 161 cm³/mol. The van der Waals surface area contributed by atoms with Crippen molar-refractivity contribution in [3.05, 3.63) is 0 Å². The van der Waals surface area contributed by atoms with Gasteiger partial charge in [0.25, 0.3) is 0 Å². The summed E-state index contributed by atoms with van der Waals surface area (Å²) in [4.78, 5) is 0. The summed E-state index contributed by atoms with van der Waals surface area (Å²) >= 11 is 0. The fourth-order valence-corrected chi connectivity index (χ4v) is 6.24. The zero-order valence-electron chi connectivity index (χ0n) is 27.6. The molecule has 4 rings (SSSR count). The van der Waals surface area contributed by atoms with Crippen LogP contribution in [0.4, 0.5) is 0 Å². The van der Waals surface area contributed by atoms with Gasteiger partial charge in [0.1, 0.15) is 97.7 Å². The molecule has 22 nitrogen and oxygen atoms in total. The van der Waals surface area contributed by atoms with Crippen LogP contribution in [0, 0.1) is 0 Å². The maximum atomic E-state index is 11.2. The molecule has 22 heteroatoms. The minimum absolute atomic E-state index is 0.0981. The van der Waals surface area contributed by atoms with Gasteiger partial charge in [-0.2, -0.15) is 0 Å². The topological polar surface area (TPSA) is 363 Å². The highest BCUT2D eigenvalue weighted by atomic mass is 16.8. The highest BCUT2D eigenvalue weighted by Gasteiger charge is 2.56. The molecule has 20 atom stereocenters. The molecule has 0 amide bonds. The highest BCUT2D eigenvalue weighted by molar-refractivity contribution is 4.98. The van der Waals surface area contributed by atoms with E-state index in [1.54, 1.807) is 0 Å². The Bertz CT molecular complexity index is 1020. The van der Waals surface area contributed by atoms with Crippen LogP contribution >= 0.6 is 0 Å². The van der Waals surface area contributed by atoms with E-state index < -0.39 is 149 Å². The summed E-state index contributed by atoms with van der Waals surface area (Å²) in [6.45, 7) is -2.77. The molecule has 15 N–H and O–H groups in total. The fraction of sp³-hybridized carbons (Fsp3) is 1.00. The minimum Gasteiger partial charge on any atom is -0.394 e. The van der Waals surface area contributed by atoms with Crippen molar-refractivity contribution in [2.24, 2.45) is 5.73 Å². The molecule has 51 heavy (non-hydrogen) atoms. The molecule has 0 aromatic carbocycles. The molecule has 0 aliphatic carbocycles. The van der Waals surface area contributed by atoms with Crippen molar-refractivity contribution < 1.29 is 104 Å². The number of hydrogen-bond acceptors (Lipinski definition) is 22. The van der Waals surface area contributed by atoms with Gasteiger partial charge < -0.3 is 110 Å². The predicted octanol–water partition coefficient (Wildman–Crippen LogP) is -8.60. The first-order valence-electron chi connectivity index (χ1n) is 16.8. The number of hydrogen-bond donors (Lipinski definition) is 14. The highest BCUT2D eigenvalue weighted by Crippen LogP contribution is 2.35. The molecule has 0 radical (unpaired) electrons. The van der Waals surface area contributed by atoms with Gasteiger partial charge >= 0.3 is 0 Å². The third kappa shape index (κ3) is 9.68. The average molecular weight is 752 g/mol. The van der Waals surface area contributed by atoms with Crippen LogP contribution in [-0.2, 0) is 37.9 Å². The van der Waals surface area contributed by atoms with Crippen molar-refractivity contribution in [1.82, 2.24) is 0 Å². The van der Waals surface area contributed by atoms with Gasteiger partial charge in [0.05, 0.1) is 26.4 Å². The first-order chi connectivity index (χ1) is 24.3. The number of nitrogens with two attached hydrogens (primary N) is 1. The van der Waals surface area contributed by atoms with Crippen LogP contribution in [0.15, 0.2) is 0 Å². The molecule has 0 unspecified atom stereocenters. The van der Waals surface area contributed by atoms with Crippen molar-refractivity contribution in [3.8, 4) is 0 Å². The van der Waals surface area contributed by atoms with Crippen LogP contribution in [0.1, 0.15) is 19.3 Å². The summed E-state index contributed by atoms with van der Waals surface area (Å²) in [5, 5.41) is 136. The number of aliphatic hydroxyl groups is 13. The number of unbranched alkanes of at least 4 members (excludes halogenated alkanes) is 2. The Morgan fingerprint density at radius 2 is 0.804 bits per heavy atom. The van der Waals surface area contributed by atoms with Crippen molar-refractivity contribution in [1.29, 1.82) is 0 Å². The second kappa shape index (κ2) is 19.6. The van der Waals surface area contributed by atoms with Crippen LogP contribution < -0.4 is 5.73 Å². The molecule has 4 aliphatic rings. The van der Waals surface area contributed by atoms with E-state index >= 15 is 0 Å². The molecule has 0 saturated carbocycles. The normalized spacial score (nSPS) is 48.1. The molecule has 0 aromatic heterocycles. The molecule has 300 valence electrons. The van der Waals surface area contributed by atoms with Gasteiger partial charge in [-0.3, -0.25) is 0 Å². The third-order valence-corrected chi connectivity index (χ3v) is 9.32. The lowest BCUT2D eigenvalue weighted by Gasteiger charge is -2.49. The van der Waals surface area contributed by atoms with E-state index in [1.165, 1.54) is 0 Å². The first kappa shape index (κ1) is 42.9. The lowest BCUT2D eigenvalue weighted by Crippen LogP contribution is -2.68. The molecule has 4 aliphatic heterocycles. The SMILES string of the molecule is NCCCCCO[C@H]1O[C@H](CO)[C@@H](O)[C@H](O[C@H]2O[C@H](CO)[C@@H](O)[C@H](O)[C@@H]2O[C@H]2O[C@H](CO)[C@@H](O)[C@H](O)[C@@H]2O[C@H]2O[C@H](CO)[C@@H](O)[C@H](O)[C@@H]2O)[C@@H]1O. The fourth-order valence-electron chi connectivity index (χ4n) is 6.24. The van der Waals surface area contributed by atoms with Crippen LogP contribution in [0.3, 0.4) is 0 Å². The zero-order valence-corrected chi connectivity index (χ0v) is 27.6. The molecule has 4 heterocycles. The van der Waals surface area contributed by atoms with E-state index in [9.17, 15) is 66.4 Å². The molecular weight excluding hydrogens is 698 g/mol. The second-order valence-electron chi connectivity index (χ2n) is 12.8. The molecule has 4 fully saturated rings. The van der Waals surface area contributed by atoms with Gasteiger partial charge in [-0.1, -0.05) is 0 Å². The van der Waals surface area contributed by atoms with E-state index in [1.807, 2.05) is 0 Å².